The molecule has 3 aromatic heterocycles. The minimum atomic E-state index is 0.255. The third kappa shape index (κ3) is 2.85. The Balaban J connectivity index is 1.65. The van der Waals surface area contributed by atoms with Crippen molar-refractivity contribution in [2.24, 2.45) is 0 Å². The van der Waals surface area contributed by atoms with Crippen LogP contribution in [0.1, 0.15) is 30.3 Å². The summed E-state index contributed by atoms with van der Waals surface area (Å²) < 4.78 is 0. The fourth-order valence-corrected chi connectivity index (χ4v) is 3.19. The summed E-state index contributed by atoms with van der Waals surface area (Å²) in [4.78, 5) is 23.5. The first-order valence-corrected chi connectivity index (χ1v) is 7.86. The van der Waals surface area contributed by atoms with Crippen molar-refractivity contribution in [2.45, 2.75) is 25.4 Å². The molecule has 0 amide bonds. The first-order chi connectivity index (χ1) is 11.4. The van der Waals surface area contributed by atoms with Gasteiger partial charge in [-0.25, -0.2) is 9.97 Å². The van der Waals surface area contributed by atoms with Gasteiger partial charge in [-0.05, 0) is 31.5 Å². The number of nitrogens with one attached hydrogen (secondary N) is 1. The minimum Gasteiger partial charge on any atom is -0.343 e. The zero-order valence-corrected chi connectivity index (χ0v) is 12.8. The predicted octanol–water partition coefficient (Wildman–Crippen LogP) is 2.60. The molecule has 1 fully saturated rings. The number of likely N-dealkylation sites (tertiary alicyclic amines) is 1. The summed E-state index contributed by atoms with van der Waals surface area (Å²) in [5.41, 5.74) is 2.93. The Morgan fingerprint density at radius 3 is 2.83 bits per heavy atom. The van der Waals surface area contributed by atoms with Crippen LogP contribution in [0.3, 0.4) is 0 Å². The number of aromatic nitrogens is 5. The van der Waals surface area contributed by atoms with Crippen molar-refractivity contribution in [3.8, 4) is 11.5 Å². The number of aromatic amines is 1. The second kappa shape index (κ2) is 6.26. The van der Waals surface area contributed by atoms with Gasteiger partial charge in [0.05, 0.1) is 17.4 Å². The highest BCUT2D eigenvalue weighted by atomic mass is 15.2. The van der Waals surface area contributed by atoms with Crippen molar-refractivity contribution >= 4 is 0 Å². The van der Waals surface area contributed by atoms with Crippen molar-refractivity contribution in [2.75, 3.05) is 6.54 Å². The lowest BCUT2D eigenvalue weighted by atomic mass is 10.1. The van der Waals surface area contributed by atoms with E-state index in [0.29, 0.717) is 0 Å². The Hall–Kier alpha value is -2.60. The summed E-state index contributed by atoms with van der Waals surface area (Å²) in [6.07, 6.45) is 11.1. The van der Waals surface area contributed by atoms with Gasteiger partial charge in [0.15, 0.2) is 5.82 Å². The second-order valence-electron chi connectivity index (χ2n) is 5.68. The van der Waals surface area contributed by atoms with E-state index in [4.69, 9.17) is 0 Å². The molecule has 0 spiro atoms. The first-order valence-electron chi connectivity index (χ1n) is 7.86. The minimum absolute atomic E-state index is 0.255. The lowest BCUT2D eigenvalue weighted by Gasteiger charge is -2.24. The molecule has 0 aromatic carbocycles. The summed E-state index contributed by atoms with van der Waals surface area (Å²) >= 11 is 0. The molecule has 0 saturated carbocycles. The van der Waals surface area contributed by atoms with Crippen molar-refractivity contribution in [3.63, 3.8) is 0 Å². The van der Waals surface area contributed by atoms with E-state index >= 15 is 0 Å². The molecular formula is C17H18N6. The van der Waals surface area contributed by atoms with E-state index in [1.807, 2.05) is 24.5 Å². The fourth-order valence-electron chi connectivity index (χ4n) is 3.19. The largest absolute Gasteiger partial charge is 0.343 e. The van der Waals surface area contributed by atoms with E-state index in [9.17, 15) is 0 Å². The van der Waals surface area contributed by atoms with Crippen LogP contribution in [-0.4, -0.2) is 36.4 Å². The van der Waals surface area contributed by atoms with Gasteiger partial charge in [0, 0.05) is 37.5 Å². The highest BCUT2D eigenvalue weighted by molar-refractivity contribution is 5.53. The monoisotopic (exact) mass is 306 g/mol. The number of hydrogen-bond acceptors (Lipinski definition) is 5. The topological polar surface area (TPSA) is 70.6 Å². The van der Waals surface area contributed by atoms with E-state index in [1.54, 1.807) is 18.6 Å². The summed E-state index contributed by atoms with van der Waals surface area (Å²) in [5, 5.41) is 0. The van der Waals surface area contributed by atoms with Gasteiger partial charge in [0.1, 0.15) is 5.69 Å². The van der Waals surface area contributed by atoms with Crippen LogP contribution in [0.2, 0.25) is 0 Å². The zero-order valence-electron chi connectivity index (χ0n) is 12.8. The Kier molecular flexibility index (Phi) is 3.81. The predicted molar refractivity (Wildman–Crippen MR) is 86.2 cm³/mol. The van der Waals surface area contributed by atoms with Crippen LogP contribution in [-0.2, 0) is 6.54 Å². The Morgan fingerprint density at radius 1 is 1.04 bits per heavy atom. The molecule has 3 aromatic rings. The number of pyridine rings is 1. The van der Waals surface area contributed by atoms with E-state index in [2.05, 4.69) is 35.9 Å². The van der Waals surface area contributed by atoms with Gasteiger partial charge in [-0.1, -0.05) is 6.07 Å². The van der Waals surface area contributed by atoms with Crippen molar-refractivity contribution < 1.29 is 0 Å². The molecule has 1 atom stereocenters. The van der Waals surface area contributed by atoms with E-state index in [0.717, 1.165) is 48.8 Å². The normalized spacial score (nSPS) is 18.3. The van der Waals surface area contributed by atoms with Crippen LogP contribution in [0.5, 0.6) is 0 Å². The maximum Gasteiger partial charge on any atom is 0.157 e. The van der Waals surface area contributed by atoms with Gasteiger partial charge in [-0.3, -0.25) is 14.9 Å². The highest BCUT2D eigenvalue weighted by Gasteiger charge is 2.30. The zero-order chi connectivity index (χ0) is 15.5. The lowest BCUT2D eigenvalue weighted by Crippen LogP contribution is -2.24. The van der Waals surface area contributed by atoms with Gasteiger partial charge in [0.25, 0.3) is 0 Å². The molecule has 4 rings (SSSR count). The quantitative estimate of drug-likeness (QED) is 0.802. The number of imidazole rings is 1. The SMILES string of the molecule is c1ccc(CN2CCCC2c2nccnc2-c2ncc[nH]2)nc1. The average Bonchev–Trinajstić information content (AvgIpc) is 3.27. The maximum atomic E-state index is 4.62. The molecule has 0 radical (unpaired) electrons. The molecule has 1 N–H and O–H groups in total. The fraction of sp³-hybridized carbons (Fsp3) is 0.294. The maximum absolute atomic E-state index is 4.62. The molecule has 0 bridgehead atoms. The molecule has 1 aliphatic heterocycles. The molecule has 0 aliphatic carbocycles. The summed E-state index contributed by atoms with van der Waals surface area (Å²) in [5.74, 6) is 0.776. The van der Waals surface area contributed by atoms with Crippen LogP contribution in [0.25, 0.3) is 11.5 Å². The third-order valence-corrected chi connectivity index (χ3v) is 4.22. The van der Waals surface area contributed by atoms with Gasteiger partial charge < -0.3 is 4.98 Å². The molecular weight excluding hydrogens is 288 g/mol. The second-order valence-corrected chi connectivity index (χ2v) is 5.68. The third-order valence-electron chi connectivity index (χ3n) is 4.22. The summed E-state index contributed by atoms with van der Waals surface area (Å²) in [6.45, 7) is 1.88. The van der Waals surface area contributed by atoms with Crippen molar-refractivity contribution in [1.29, 1.82) is 0 Å². The van der Waals surface area contributed by atoms with Crippen LogP contribution >= 0.6 is 0 Å². The van der Waals surface area contributed by atoms with E-state index in [1.165, 1.54) is 0 Å². The van der Waals surface area contributed by atoms with Crippen molar-refractivity contribution in [1.82, 2.24) is 29.8 Å². The lowest BCUT2D eigenvalue weighted by molar-refractivity contribution is 0.241. The van der Waals surface area contributed by atoms with E-state index < -0.39 is 0 Å². The molecule has 6 nitrogen and oxygen atoms in total. The smallest absolute Gasteiger partial charge is 0.157 e. The Morgan fingerprint density at radius 2 is 2.00 bits per heavy atom. The highest BCUT2D eigenvalue weighted by Crippen LogP contribution is 2.35. The molecule has 1 saturated heterocycles. The number of nitrogens with zero attached hydrogens (tertiary/aromatic N) is 5. The molecule has 4 heterocycles. The summed E-state index contributed by atoms with van der Waals surface area (Å²) in [7, 11) is 0. The van der Waals surface area contributed by atoms with Crippen molar-refractivity contribution in [3.05, 3.63) is 60.6 Å². The molecule has 116 valence electrons. The van der Waals surface area contributed by atoms with Gasteiger partial charge in [-0.15, -0.1) is 0 Å². The number of hydrogen-bond donors (Lipinski definition) is 1. The number of H-pyrrole nitrogens is 1. The number of rotatable bonds is 4. The van der Waals surface area contributed by atoms with Crippen LogP contribution in [0.15, 0.2) is 49.2 Å². The van der Waals surface area contributed by atoms with E-state index in [-0.39, 0.29) is 6.04 Å². The Labute approximate surface area is 134 Å². The van der Waals surface area contributed by atoms with Crippen LogP contribution in [0.4, 0.5) is 0 Å². The van der Waals surface area contributed by atoms with Crippen LogP contribution < -0.4 is 0 Å². The van der Waals surface area contributed by atoms with Gasteiger partial charge in [0.2, 0.25) is 0 Å². The molecule has 1 unspecified atom stereocenters. The average molecular weight is 306 g/mol. The Bertz CT molecular complexity index is 756. The van der Waals surface area contributed by atoms with Gasteiger partial charge >= 0.3 is 0 Å². The standard InChI is InChI=1S/C17H18N6/c1-2-6-18-13(4-1)12-23-11-3-5-14(23)15-16(20-8-7-19-15)17-21-9-10-22-17/h1-2,4,6-10,14H,3,5,11-12H2,(H,21,22). The molecule has 23 heavy (non-hydrogen) atoms. The molecule has 6 heteroatoms. The summed E-state index contributed by atoms with van der Waals surface area (Å²) in [6, 6.07) is 6.30. The first kappa shape index (κ1) is 14.0. The van der Waals surface area contributed by atoms with Crippen LogP contribution in [0, 0.1) is 0 Å². The molecule has 1 aliphatic rings. The van der Waals surface area contributed by atoms with Gasteiger partial charge in [-0.2, -0.15) is 0 Å².